The van der Waals surface area contributed by atoms with Crippen LogP contribution in [0.2, 0.25) is 0 Å². The third kappa shape index (κ3) is 4.48. The first-order valence-electron chi connectivity index (χ1n) is 7.16. The van der Waals surface area contributed by atoms with Gasteiger partial charge >= 0.3 is 0 Å². The van der Waals surface area contributed by atoms with Crippen LogP contribution < -0.4 is 10.1 Å². The topological polar surface area (TPSA) is 43.4 Å². The van der Waals surface area contributed by atoms with Gasteiger partial charge in [0.2, 0.25) is 5.88 Å². The number of methoxy groups -OCH3 is 1. The zero-order valence-corrected chi connectivity index (χ0v) is 11.9. The normalized spacial score (nSPS) is 23.3. The van der Waals surface area contributed by atoms with Crippen molar-refractivity contribution < 1.29 is 9.47 Å². The molecule has 0 atom stereocenters. The maximum Gasteiger partial charge on any atom is 0.213 e. The zero-order chi connectivity index (χ0) is 13.5. The molecule has 2 rings (SSSR count). The summed E-state index contributed by atoms with van der Waals surface area (Å²) in [5.41, 5.74) is 0.938. The van der Waals surface area contributed by atoms with E-state index in [1.807, 2.05) is 18.2 Å². The van der Waals surface area contributed by atoms with E-state index in [0.717, 1.165) is 25.1 Å². The lowest BCUT2D eigenvalue weighted by Gasteiger charge is -2.28. The molecule has 4 heteroatoms. The van der Waals surface area contributed by atoms with E-state index in [9.17, 15) is 0 Å². The molecular weight excluding hydrogens is 240 g/mol. The minimum absolute atomic E-state index is 0.378. The lowest BCUT2D eigenvalue weighted by molar-refractivity contribution is 0.00977. The minimum Gasteiger partial charge on any atom is -0.481 e. The van der Waals surface area contributed by atoms with Crippen LogP contribution in [-0.4, -0.2) is 30.8 Å². The molecule has 1 aromatic rings. The average Bonchev–Trinajstić information content (AvgIpc) is 2.47. The monoisotopic (exact) mass is 264 g/mol. The summed E-state index contributed by atoms with van der Waals surface area (Å²) in [6.45, 7) is 3.80. The Morgan fingerprint density at radius 3 is 2.74 bits per heavy atom. The third-order valence-corrected chi connectivity index (χ3v) is 3.62. The fraction of sp³-hybridized carbons (Fsp3) is 0.667. The van der Waals surface area contributed by atoms with Crippen LogP contribution in [-0.2, 0) is 11.3 Å². The molecule has 1 N–H and O–H groups in total. The smallest absolute Gasteiger partial charge is 0.213 e. The summed E-state index contributed by atoms with van der Waals surface area (Å²) in [4.78, 5) is 4.36. The van der Waals surface area contributed by atoms with Gasteiger partial charge in [-0.25, -0.2) is 4.98 Å². The fourth-order valence-electron chi connectivity index (χ4n) is 2.58. The molecule has 1 aliphatic carbocycles. The molecule has 0 unspecified atom stereocenters. The van der Waals surface area contributed by atoms with Crippen LogP contribution in [0.15, 0.2) is 18.2 Å². The van der Waals surface area contributed by atoms with Crippen LogP contribution in [0.25, 0.3) is 0 Å². The van der Waals surface area contributed by atoms with E-state index in [1.165, 1.54) is 12.8 Å². The Morgan fingerprint density at radius 1 is 1.26 bits per heavy atom. The molecule has 19 heavy (non-hydrogen) atoms. The van der Waals surface area contributed by atoms with Crippen molar-refractivity contribution in [1.82, 2.24) is 10.3 Å². The Labute approximate surface area is 115 Å². The Hall–Kier alpha value is -1.13. The Balaban J connectivity index is 1.74. The summed E-state index contributed by atoms with van der Waals surface area (Å²) in [5.74, 6) is 0.650. The van der Waals surface area contributed by atoms with E-state index in [4.69, 9.17) is 9.47 Å². The molecule has 0 saturated heterocycles. The van der Waals surface area contributed by atoms with Gasteiger partial charge in [-0.1, -0.05) is 13.0 Å². The van der Waals surface area contributed by atoms with Crippen molar-refractivity contribution in [3.63, 3.8) is 0 Å². The molecule has 1 saturated carbocycles. The van der Waals surface area contributed by atoms with E-state index < -0.39 is 0 Å². The molecule has 1 heterocycles. The number of aromatic nitrogens is 1. The number of nitrogens with zero attached hydrogens (tertiary/aromatic N) is 1. The molecule has 4 nitrogen and oxygen atoms in total. The minimum atomic E-state index is 0.378. The molecule has 106 valence electrons. The first kappa shape index (κ1) is 14.3. The van der Waals surface area contributed by atoms with Gasteiger partial charge in [0.25, 0.3) is 0 Å². The van der Waals surface area contributed by atoms with Gasteiger partial charge in [0.1, 0.15) is 0 Å². The Bertz CT molecular complexity index is 376. The standard InChI is InChI=1S/C15H24N2O2/c1-3-16-12-7-9-14(10-8-12)19-11-13-5-4-6-15(17-13)18-2/h4-6,12,14,16H,3,7-11H2,1-2H3. The molecule has 1 aliphatic rings. The van der Waals surface area contributed by atoms with E-state index in [0.29, 0.717) is 24.6 Å². The van der Waals surface area contributed by atoms with Gasteiger partial charge < -0.3 is 14.8 Å². The van der Waals surface area contributed by atoms with Crippen LogP contribution in [0.1, 0.15) is 38.3 Å². The summed E-state index contributed by atoms with van der Waals surface area (Å²) in [6, 6.07) is 6.46. The number of hydrogen-bond donors (Lipinski definition) is 1. The van der Waals surface area contributed by atoms with Crippen LogP contribution in [0.3, 0.4) is 0 Å². The van der Waals surface area contributed by atoms with E-state index in [2.05, 4.69) is 17.2 Å². The molecule has 1 aromatic heterocycles. The molecule has 0 radical (unpaired) electrons. The van der Waals surface area contributed by atoms with Gasteiger partial charge in [-0.3, -0.25) is 0 Å². The van der Waals surface area contributed by atoms with E-state index >= 15 is 0 Å². The van der Waals surface area contributed by atoms with Crippen LogP contribution in [0, 0.1) is 0 Å². The zero-order valence-electron chi connectivity index (χ0n) is 11.9. The Kier molecular flexibility index (Phi) is 5.61. The van der Waals surface area contributed by atoms with Crippen LogP contribution in [0.5, 0.6) is 5.88 Å². The van der Waals surface area contributed by atoms with Crippen molar-refractivity contribution in [2.75, 3.05) is 13.7 Å². The van der Waals surface area contributed by atoms with Crippen LogP contribution >= 0.6 is 0 Å². The maximum atomic E-state index is 5.95. The highest BCUT2D eigenvalue weighted by Gasteiger charge is 2.20. The number of pyridine rings is 1. The highest BCUT2D eigenvalue weighted by Crippen LogP contribution is 2.22. The SMILES string of the molecule is CCNC1CCC(OCc2cccc(OC)n2)CC1. The van der Waals surface area contributed by atoms with Gasteiger partial charge in [0, 0.05) is 12.1 Å². The molecule has 0 bridgehead atoms. The number of ether oxygens (including phenoxy) is 2. The van der Waals surface area contributed by atoms with E-state index in [1.54, 1.807) is 7.11 Å². The van der Waals surface area contributed by atoms with Gasteiger partial charge in [-0.05, 0) is 38.3 Å². The second-order valence-electron chi connectivity index (χ2n) is 5.01. The van der Waals surface area contributed by atoms with Gasteiger partial charge in [-0.2, -0.15) is 0 Å². The maximum absolute atomic E-state index is 5.95. The molecule has 0 spiro atoms. The van der Waals surface area contributed by atoms with Crippen molar-refractivity contribution in [1.29, 1.82) is 0 Å². The molecule has 0 amide bonds. The number of rotatable bonds is 6. The second-order valence-corrected chi connectivity index (χ2v) is 5.01. The average molecular weight is 264 g/mol. The van der Waals surface area contributed by atoms with Gasteiger partial charge in [-0.15, -0.1) is 0 Å². The van der Waals surface area contributed by atoms with Crippen molar-refractivity contribution in [3.05, 3.63) is 23.9 Å². The number of nitrogens with one attached hydrogen (secondary N) is 1. The first-order chi connectivity index (χ1) is 9.31. The summed E-state index contributed by atoms with van der Waals surface area (Å²) >= 11 is 0. The highest BCUT2D eigenvalue weighted by atomic mass is 16.5. The first-order valence-corrected chi connectivity index (χ1v) is 7.16. The summed E-state index contributed by atoms with van der Waals surface area (Å²) in [7, 11) is 1.63. The predicted octanol–water partition coefficient (Wildman–Crippen LogP) is 2.53. The Morgan fingerprint density at radius 2 is 2.05 bits per heavy atom. The van der Waals surface area contributed by atoms with Crippen molar-refractivity contribution in [2.24, 2.45) is 0 Å². The van der Waals surface area contributed by atoms with Crippen molar-refractivity contribution in [2.45, 2.75) is 51.4 Å². The summed E-state index contributed by atoms with van der Waals surface area (Å²) < 4.78 is 11.1. The predicted molar refractivity (Wildman–Crippen MR) is 75.3 cm³/mol. The lowest BCUT2D eigenvalue weighted by atomic mass is 9.93. The van der Waals surface area contributed by atoms with E-state index in [-0.39, 0.29) is 0 Å². The lowest BCUT2D eigenvalue weighted by Crippen LogP contribution is -2.35. The highest BCUT2D eigenvalue weighted by molar-refractivity contribution is 5.15. The van der Waals surface area contributed by atoms with Gasteiger partial charge in [0.15, 0.2) is 0 Å². The summed E-state index contributed by atoms with van der Waals surface area (Å²) in [6.07, 6.45) is 5.08. The second kappa shape index (κ2) is 7.46. The fourth-order valence-corrected chi connectivity index (χ4v) is 2.58. The van der Waals surface area contributed by atoms with Gasteiger partial charge in [0.05, 0.1) is 25.5 Å². The van der Waals surface area contributed by atoms with Crippen LogP contribution in [0.4, 0.5) is 0 Å². The largest absolute Gasteiger partial charge is 0.481 e. The van der Waals surface area contributed by atoms with Crippen molar-refractivity contribution >= 4 is 0 Å². The molecular formula is C15H24N2O2. The third-order valence-electron chi connectivity index (χ3n) is 3.62. The summed E-state index contributed by atoms with van der Waals surface area (Å²) in [5, 5.41) is 3.51. The molecule has 1 fully saturated rings. The molecule has 0 aliphatic heterocycles. The quantitative estimate of drug-likeness (QED) is 0.857. The number of hydrogen-bond acceptors (Lipinski definition) is 4. The molecule has 0 aromatic carbocycles. The van der Waals surface area contributed by atoms with Crippen molar-refractivity contribution in [3.8, 4) is 5.88 Å².